The molecule has 1 aliphatic heterocycles. The Morgan fingerprint density at radius 1 is 0.966 bits per heavy atom. The SMILES string of the molecule is C[C@H](C(=O)O[C@H](C)c1nc2ccccc2c(=O)[nH]1)N1C(=O)c2ccccc2C1=O. The normalized spacial score (nSPS) is 15.3. The third-order valence-electron chi connectivity index (χ3n) is 4.86. The number of carbonyl (C=O) groups excluding carboxylic acids is 3. The zero-order valence-corrected chi connectivity index (χ0v) is 15.7. The fourth-order valence-corrected chi connectivity index (χ4v) is 3.29. The van der Waals surface area contributed by atoms with Gasteiger partial charge in [0.2, 0.25) is 0 Å². The van der Waals surface area contributed by atoms with Crippen LogP contribution in [0.25, 0.3) is 10.9 Å². The van der Waals surface area contributed by atoms with Crippen molar-refractivity contribution in [1.82, 2.24) is 14.9 Å². The van der Waals surface area contributed by atoms with E-state index in [1.54, 1.807) is 55.5 Å². The molecule has 2 heterocycles. The summed E-state index contributed by atoms with van der Waals surface area (Å²) >= 11 is 0. The zero-order chi connectivity index (χ0) is 20.7. The topological polar surface area (TPSA) is 109 Å². The second kappa shape index (κ2) is 6.97. The number of amides is 2. The minimum Gasteiger partial charge on any atom is -0.453 e. The van der Waals surface area contributed by atoms with Crippen LogP contribution >= 0.6 is 0 Å². The number of imide groups is 1. The summed E-state index contributed by atoms with van der Waals surface area (Å²) in [5, 5.41) is 0.425. The largest absolute Gasteiger partial charge is 0.453 e. The molecule has 0 spiro atoms. The quantitative estimate of drug-likeness (QED) is 0.539. The molecule has 8 heteroatoms. The molecule has 2 amide bonds. The molecule has 4 rings (SSSR count). The van der Waals surface area contributed by atoms with E-state index in [0.29, 0.717) is 10.9 Å². The molecule has 1 aliphatic rings. The van der Waals surface area contributed by atoms with Crippen molar-refractivity contribution in [1.29, 1.82) is 0 Å². The minimum atomic E-state index is -1.13. The number of aromatic nitrogens is 2. The molecule has 2 aromatic carbocycles. The third kappa shape index (κ3) is 3.08. The van der Waals surface area contributed by atoms with E-state index in [9.17, 15) is 19.2 Å². The van der Waals surface area contributed by atoms with Gasteiger partial charge >= 0.3 is 5.97 Å². The lowest BCUT2D eigenvalue weighted by Gasteiger charge is -2.22. The zero-order valence-electron chi connectivity index (χ0n) is 15.7. The van der Waals surface area contributed by atoms with E-state index in [4.69, 9.17) is 4.74 Å². The number of ether oxygens (including phenoxy) is 1. The fourth-order valence-electron chi connectivity index (χ4n) is 3.29. The van der Waals surface area contributed by atoms with Crippen LogP contribution in [-0.4, -0.2) is 38.7 Å². The average Bonchev–Trinajstić information content (AvgIpc) is 2.98. The Kier molecular flexibility index (Phi) is 4.46. The van der Waals surface area contributed by atoms with E-state index in [1.165, 1.54) is 6.92 Å². The maximum Gasteiger partial charge on any atom is 0.329 e. The van der Waals surface area contributed by atoms with Crippen molar-refractivity contribution in [3.05, 3.63) is 75.8 Å². The van der Waals surface area contributed by atoms with Gasteiger partial charge in [0.05, 0.1) is 22.0 Å². The van der Waals surface area contributed by atoms with E-state index < -0.39 is 29.9 Å². The number of carbonyl (C=O) groups is 3. The molecule has 0 aliphatic carbocycles. The number of hydrogen-bond donors (Lipinski definition) is 1. The van der Waals surface area contributed by atoms with Gasteiger partial charge in [0, 0.05) is 0 Å². The number of esters is 1. The summed E-state index contributed by atoms with van der Waals surface area (Å²) in [6.45, 7) is 2.98. The van der Waals surface area contributed by atoms with Crippen molar-refractivity contribution < 1.29 is 19.1 Å². The Bertz CT molecular complexity index is 1180. The van der Waals surface area contributed by atoms with Crippen molar-refractivity contribution in [2.45, 2.75) is 26.0 Å². The van der Waals surface area contributed by atoms with Crippen molar-refractivity contribution in [2.75, 3.05) is 0 Å². The lowest BCUT2D eigenvalue weighted by atomic mass is 10.1. The predicted molar refractivity (Wildman–Crippen MR) is 103 cm³/mol. The summed E-state index contributed by atoms with van der Waals surface area (Å²) in [6.07, 6.45) is -0.877. The predicted octanol–water partition coefficient (Wildman–Crippen LogP) is 2.21. The molecule has 8 nitrogen and oxygen atoms in total. The highest BCUT2D eigenvalue weighted by Crippen LogP contribution is 2.25. The number of benzene rings is 2. The van der Waals surface area contributed by atoms with Gasteiger partial charge in [-0.3, -0.25) is 19.3 Å². The van der Waals surface area contributed by atoms with Gasteiger partial charge in [-0.25, -0.2) is 9.78 Å². The van der Waals surface area contributed by atoms with Gasteiger partial charge in [-0.05, 0) is 38.1 Å². The molecule has 146 valence electrons. The number of nitrogens with zero attached hydrogens (tertiary/aromatic N) is 2. The lowest BCUT2D eigenvalue weighted by molar-refractivity contribution is -0.153. The second-order valence-electron chi connectivity index (χ2n) is 6.75. The van der Waals surface area contributed by atoms with Gasteiger partial charge in [0.15, 0.2) is 11.9 Å². The molecule has 0 fully saturated rings. The van der Waals surface area contributed by atoms with Crippen molar-refractivity contribution in [3.63, 3.8) is 0 Å². The molecular formula is C21H17N3O5. The van der Waals surface area contributed by atoms with E-state index in [1.807, 2.05) is 0 Å². The van der Waals surface area contributed by atoms with Gasteiger partial charge in [-0.1, -0.05) is 24.3 Å². The van der Waals surface area contributed by atoms with E-state index in [-0.39, 0.29) is 22.5 Å². The molecule has 1 aromatic heterocycles. The summed E-state index contributed by atoms with van der Waals surface area (Å²) in [4.78, 5) is 57.7. The van der Waals surface area contributed by atoms with Gasteiger partial charge in [0.25, 0.3) is 17.4 Å². The molecular weight excluding hydrogens is 374 g/mol. The maximum atomic E-state index is 12.6. The van der Waals surface area contributed by atoms with Crippen molar-refractivity contribution in [3.8, 4) is 0 Å². The molecule has 0 unspecified atom stereocenters. The first-order valence-electron chi connectivity index (χ1n) is 9.05. The van der Waals surface area contributed by atoms with Gasteiger partial charge < -0.3 is 9.72 Å². The molecule has 29 heavy (non-hydrogen) atoms. The van der Waals surface area contributed by atoms with Gasteiger partial charge in [0.1, 0.15) is 6.04 Å². The first kappa shape index (κ1) is 18.5. The monoisotopic (exact) mass is 391 g/mol. The molecule has 3 aromatic rings. The average molecular weight is 391 g/mol. The highest BCUT2D eigenvalue weighted by Gasteiger charge is 2.41. The molecule has 1 N–H and O–H groups in total. The standard InChI is InChI=1S/C21H17N3O5/c1-11(24-19(26)13-7-3-4-8-14(13)20(24)27)21(28)29-12(2)17-22-16-10-6-5-9-15(16)18(25)23-17/h3-12H,1-2H3,(H,22,23,25)/t11-,12-/m1/s1. The summed E-state index contributed by atoms with van der Waals surface area (Å²) in [5.74, 6) is -1.68. The van der Waals surface area contributed by atoms with Gasteiger partial charge in [-0.2, -0.15) is 0 Å². The first-order valence-corrected chi connectivity index (χ1v) is 9.05. The van der Waals surface area contributed by atoms with Crippen LogP contribution in [0.3, 0.4) is 0 Å². The Hall–Kier alpha value is -3.81. The summed E-state index contributed by atoms with van der Waals surface area (Å²) in [5.41, 5.74) is 0.640. The molecule has 0 radical (unpaired) electrons. The minimum absolute atomic E-state index is 0.177. The number of fused-ring (bicyclic) bond motifs is 2. The highest BCUT2D eigenvalue weighted by molar-refractivity contribution is 6.22. The van der Waals surface area contributed by atoms with E-state index in [2.05, 4.69) is 9.97 Å². The number of aromatic amines is 1. The van der Waals surface area contributed by atoms with Gasteiger partial charge in [-0.15, -0.1) is 0 Å². The number of para-hydroxylation sites is 1. The Morgan fingerprint density at radius 3 is 2.21 bits per heavy atom. The van der Waals surface area contributed by atoms with Crippen LogP contribution in [0.2, 0.25) is 0 Å². The van der Waals surface area contributed by atoms with Crippen LogP contribution in [0.1, 0.15) is 46.5 Å². The van der Waals surface area contributed by atoms with Crippen LogP contribution in [0.4, 0.5) is 0 Å². The number of hydrogen-bond acceptors (Lipinski definition) is 6. The number of rotatable bonds is 4. The Morgan fingerprint density at radius 2 is 1.55 bits per heavy atom. The highest BCUT2D eigenvalue weighted by atomic mass is 16.5. The molecule has 0 bridgehead atoms. The van der Waals surface area contributed by atoms with Crippen LogP contribution in [0.15, 0.2) is 53.3 Å². The van der Waals surface area contributed by atoms with E-state index in [0.717, 1.165) is 4.90 Å². The first-order chi connectivity index (χ1) is 13.9. The van der Waals surface area contributed by atoms with Crippen molar-refractivity contribution >= 4 is 28.7 Å². The van der Waals surface area contributed by atoms with Crippen LogP contribution in [0.5, 0.6) is 0 Å². The van der Waals surface area contributed by atoms with Crippen LogP contribution < -0.4 is 5.56 Å². The van der Waals surface area contributed by atoms with Crippen LogP contribution in [-0.2, 0) is 9.53 Å². The Balaban J connectivity index is 1.55. The van der Waals surface area contributed by atoms with E-state index >= 15 is 0 Å². The molecule has 0 saturated heterocycles. The fraction of sp³-hybridized carbons (Fsp3) is 0.190. The molecule has 2 atom stereocenters. The molecule has 0 saturated carbocycles. The maximum absolute atomic E-state index is 12.6. The summed E-state index contributed by atoms with van der Waals surface area (Å²) in [6, 6.07) is 12.1. The second-order valence-corrected chi connectivity index (χ2v) is 6.75. The Labute approximate surface area is 165 Å². The smallest absolute Gasteiger partial charge is 0.329 e. The van der Waals surface area contributed by atoms with Crippen LogP contribution in [0, 0.1) is 0 Å². The third-order valence-corrected chi connectivity index (χ3v) is 4.86. The number of nitrogens with one attached hydrogen (secondary N) is 1. The summed E-state index contributed by atoms with van der Waals surface area (Å²) in [7, 11) is 0. The number of H-pyrrole nitrogens is 1. The summed E-state index contributed by atoms with van der Waals surface area (Å²) < 4.78 is 5.39. The van der Waals surface area contributed by atoms with Crippen molar-refractivity contribution in [2.24, 2.45) is 0 Å². The lowest BCUT2D eigenvalue weighted by Crippen LogP contribution is -2.44.